The Bertz CT molecular complexity index is 747. The number of phenols is 1. The van der Waals surface area contributed by atoms with Crippen LogP contribution >= 0.6 is 0 Å². The number of benzene rings is 2. The van der Waals surface area contributed by atoms with E-state index in [0.717, 1.165) is 22.3 Å². The summed E-state index contributed by atoms with van der Waals surface area (Å²) in [5.41, 5.74) is 3.53. The number of carbonyl (C=O) groups is 1. The molecule has 1 heterocycles. The Morgan fingerprint density at radius 2 is 1.79 bits per heavy atom. The van der Waals surface area contributed by atoms with Crippen molar-refractivity contribution in [2.45, 2.75) is 6.92 Å². The van der Waals surface area contributed by atoms with Gasteiger partial charge in [0.15, 0.2) is 0 Å². The third-order valence-corrected chi connectivity index (χ3v) is 4.18. The number of hydrogen-bond acceptors (Lipinski definition) is 3. The first kappa shape index (κ1) is 16.3. The van der Waals surface area contributed by atoms with Crippen LogP contribution in [0.2, 0.25) is 0 Å². The van der Waals surface area contributed by atoms with E-state index in [2.05, 4.69) is 0 Å². The van der Waals surface area contributed by atoms with Gasteiger partial charge in [-0.3, -0.25) is 4.79 Å². The van der Waals surface area contributed by atoms with Crippen LogP contribution in [0, 0.1) is 6.92 Å². The largest absolute Gasteiger partial charge is 0.508 e. The average Bonchev–Trinajstić information content (AvgIpc) is 2.63. The number of carbonyl (C=O) groups excluding carboxylic acids is 1. The van der Waals surface area contributed by atoms with Gasteiger partial charge < -0.3 is 14.7 Å². The van der Waals surface area contributed by atoms with Gasteiger partial charge in [0.1, 0.15) is 5.75 Å². The number of ether oxygens (including phenoxy) is 1. The van der Waals surface area contributed by atoms with E-state index in [-0.39, 0.29) is 11.7 Å². The number of amides is 1. The molecule has 1 amide bonds. The molecule has 0 aromatic heterocycles. The Balaban J connectivity index is 2.00. The molecule has 0 radical (unpaired) electrons. The lowest BCUT2D eigenvalue weighted by Crippen LogP contribution is -2.39. The monoisotopic (exact) mass is 323 g/mol. The van der Waals surface area contributed by atoms with Crippen LogP contribution < -0.4 is 0 Å². The van der Waals surface area contributed by atoms with E-state index in [4.69, 9.17) is 4.74 Å². The average molecular weight is 323 g/mol. The first-order chi connectivity index (χ1) is 11.6. The van der Waals surface area contributed by atoms with Gasteiger partial charge in [-0.2, -0.15) is 0 Å². The van der Waals surface area contributed by atoms with Gasteiger partial charge in [0.25, 0.3) is 0 Å². The van der Waals surface area contributed by atoms with Gasteiger partial charge >= 0.3 is 0 Å². The first-order valence-electron chi connectivity index (χ1n) is 8.09. The number of phenolic OH excluding ortho intramolecular Hbond substituents is 1. The van der Waals surface area contributed by atoms with E-state index >= 15 is 0 Å². The molecule has 0 unspecified atom stereocenters. The quantitative estimate of drug-likeness (QED) is 0.884. The molecule has 0 aliphatic carbocycles. The number of morpholine rings is 1. The van der Waals surface area contributed by atoms with Crippen LogP contribution in [0.25, 0.3) is 5.57 Å². The summed E-state index contributed by atoms with van der Waals surface area (Å²) in [7, 11) is 0. The molecule has 2 aromatic carbocycles. The number of rotatable bonds is 3. The highest BCUT2D eigenvalue weighted by molar-refractivity contribution is 5.99. The second-order valence-corrected chi connectivity index (χ2v) is 5.86. The fourth-order valence-corrected chi connectivity index (χ4v) is 2.77. The summed E-state index contributed by atoms with van der Waals surface area (Å²) in [4.78, 5) is 14.5. The van der Waals surface area contributed by atoms with Crippen molar-refractivity contribution in [1.82, 2.24) is 4.90 Å². The third kappa shape index (κ3) is 3.66. The maximum Gasteiger partial charge on any atom is 0.247 e. The van der Waals surface area contributed by atoms with Gasteiger partial charge in [-0.1, -0.05) is 36.4 Å². The highest BCUT2D eigenvalue weighted by Gasteiger charge is 2.17. The van der Waals surface area contributed by atoms with Crippen molar-refractivity contribution in [1.29, 1.82) is 0 Å². The normalized spacial score (nSPS) is 15.4. The Labute approximate surface area is 142 Å². The lowest BCUT2D eigenvalue weighted by molar-refractivity contribution is -0.129. The Morgan fingerprint density at radius 3 is 2.46 bits per heavy atom. The van der Waals surface area contributed by atoms with Gasteiger partial charge in [0.2, 0.25) is 5.91 Å². The smallest absolute Gasteiger partial charge is 0.247 e. The molecule has 2 aromatic rings. The first-order valence-corrected chi connectivity index (χ1v) is 8.09. The molecular formula is C20H21NO3. The maximum atomic E-state index is 12.7. The predicted molar refractivity (Wildman–Crippen MR) is 93.8 cm³/mol. The molecule has 1 aliphatic heterocycles. The molecule has 0 spiro atoms. The highest BCUT2D eigenvalue weighted by Crippen LogP contribution is 2.27. The maximum absolute atomic E-state index is 12.7. The van der Waals surface area contributed by atoms with Gasteiger partial charge in [-0.15, -0.1) is 0 Å². The van der Waals surface area contributed by atoms with E-state index < -0.39 is 0 Å². The van der Waals surface area contributed by atoms with Crippen LogP contribution in [-0.4, -0.2) is 42.2 Å². The summed E-state index contributed by atoms with van der Waals surface area (Å²) in [6.45, 7) is 4.25. The second kappa shape index (κ2) is 7.32. The Morgan fingerprint density at radius 1 is 1.08 bits per heavy atom. The van der Waals surface area contributed by atoms with Crippen LogP contribution in [0.5, 0.6) is 5.75 Å². The number of hydrogen-bond donors (Lipinski definition) is 1. The molecule has 0 bridgehead atoms. The summed E-state index contributed by atoms with van der Waals surface area (Å²) in [6.07, 6.45) is 1.69. The summed E-state index contributed by atoms with van der Waals surface area (Å²) < 4.78 is 5.31. The van der Waals surface area contributed by atoms with Crippen molar-refractivity contribution in [2.24, 2.45) is 0 Å². The van der Waals surface area contributed by atoms with Crippen LogP contribution in [0.1, 0.15) is 16.7 Å². The standard InChI is InChI=1S/C20H21NO3/c1-15-13-17(7-8-19(15)22)18(16-5-3-2-4-6-16)14-20(23)21-9-11-24-12-10-21/h2-8,13-14,22H,9-12H2,1H3. The Kier molecular flexibility index (Phi) is 4.96. The van der Waals surface area contributed by atoms with E-state index in [0.29, 0.717) is 26.3 Å². The zero-order chi connectivity index (χ0) is 16.9. The SMILES string of the molecule is Cc1cc(C(=CC(=O)N2CCOCC2)c2ccccc2)ccc1O. The molecule has 1 aliphatic rings. The molecular weight excluding hydrogens is 302 g/mol. The van der Waals surface area contributed by atoms with Gasteiger partial charge in [0, 0.05) is 19.2 Å². The van der Waals surface area contributed by atoms with Crippen LogP contribution in [0.4, 0.5) is 0 Å². The summed E-state index contributed by atoms with van der Waals surface area (Å²) in [5, 5.41) is 9.77. The number of nitrogens with zero attached hydrogens (tertiary/aromatic N) is 1. The van der Waals surface area contributed by atoms with Crippen molar-refractivity contribution in [2.75, 3.05) is 26.3 Å². The zero-order valence-electron chi connectivity index (χ0n) is 13.7. The van der Waals surface area contributed by atoms with E-state index in [1.54, 1.807) is 17.0 Å². The number of aromatic hydroxyl groups is 1. The predicted octanol–water partition coefficient (Wildman–Crippen LogP) is 2.99. The molecule has 4 nitrogen and oxygen atoms in total. The molecule has 3 rings (SSSR count). The topological polar surface area (TPSA) is 49.8 Å². The van der Waals surface area contributed by atoms with Crippen molar-refractivity contribution < 1.29 is 14.6 Å². The minimum absolute atomic E-state index is 0.0112. The molecule has 124 valence electrons. The minimum Gasteiger partial charge on any atom is -0.508 e. The third-order valence-electron chi connectivity index (χ3n) is 4.18. The lowest BCUT2D eigenvalue weighted by Gasteiger charge is -2.26. The summed E-state index contributed by atoms with van der Waals surface area (Å²) in [6, 6.07) is 15.2. The van der Waals surface area contributed by atoms with Gasteiger partial charge in [0.05, 0.1) is 13.2 Å². The van der Waals surface area contributed by atoms with Crippen LogP contribution in [0.15, 0.2) is 54.6 Å². The molecule has 24 heavy (non-hydrogen) atoms. The fourth-order valence-electron chi connectivity index (χ4n) is 2.77. The molecule has 1 fully saturated rings. The van der Waals surface area contributed by atoms with E-state index in [1.165, 1.54) is 0 Å². The van der Waals surface area contributed by atoms with Crippen molar-refractivity contribution >= 4 is 11.5 Å². The molecule has 0 atom stereocenters. The second-order valence-electron chi connectivity index (χ2n) is 5.86. The Hall–Kier alpha value is -2.59. The summed E-state index contributed by atoms with van der Waals surface area (Å²) in [5.74, 6) is 0.244. The van der Waals surface area contributed by atoms with Gasteiger partial charge in [-0.05, 0) is 41.3 Å². The highest BCUT2D eigenvalue weighted by atomic mass is 16.5. The molecule has 1 saturated heterocycles. The van der Waals surface area contributed by atoms with Crippen molar-refractivity contribution in [3.05, 3.63) is 71.3 Å². The fraction of sp³-hybridized carbons (Fsp3) is 0.250. The number of aryl methyl sites for hydroxylation is 1. The van der Waals surface area contributed by atoms with E-state index in [1.807, 2.05) is 49.4 Å². The van der Waals surface area contributed by atoms with Crippen molar-refractivity contribution in [3.63, 3.8) is 0 Å². The van der Waals surface area contributed by atoms with Crippen LogP contribution in [-0.2, 0) is 9.53 Å². The summed E-state index contributed by atoms with van der Waals surface area (Å²) >= 11 is 0. The van der Waals surface area contributed by atoms with Gasteiger partial charge in [-0.25, -0.2) is 0 Å². The molecule has 0 saturated carbocycles. The minimum atomic E-state index is -0.0112. The zero-order valence-corrected chi connectivity index (χ0v) is 13.7. The lowest BCUT2D eigenvalue weighted by atomic mass is 9.95. The molecule has 4 heteroatoms. The van der Waals surface area contributed by atoms with Crippen molar-refractivity contribution in [3.8, 4) is 5.75 Å². The van der Waals surface area contributed by atoms with Crippen LogP contribution in [0.3, 0.4) is 0 Å². The molecule has 1 N–H and O–H groups in total. The van der Waals surface area contributed by atoms with E-state index in [9.17, 15) is 9.90 Å².